The van der Waals surface area contributed by atoms with E-state index >= 15 is 0 Å². The van der Waals surface area contributed by atoms with Crippen LogP contribution in [-0.4, -0.2) is 0 Å². The van der Waals surface area contributed by atoms with Gasteiger partial charge in [0.15, 0.2) is 0 Å². The molecular formula is C23H38. The highest BCUT2D eigenvalue weighted by molar-refractivity contribution is 5.33. The maximum atomic E-state index is 3.75. The summed E-state index contributed by atoms with van der Waals surface area (Å²) in [5, 5.41) is 0. The van der Waals surface area contributed by atoms with Gasteiger partial charge in [-0.3, -0.25) is 0 Å². The lowest BCUT2D eigenvalue weighted by Crippen LogP contribution is -1.89. The fourth-order valence-corrected chi connectivity index (χ4v) is 1.64. The first-order chi connectivity index (χ1) is 10.9. The number of unbranched alkanes of at least 4 members (excludes halogenated alkanes) is 1. The fourth-order valence-electron chi connectivity index (χ4n) is 1.64. The molecule has 0 radical (unpaired) electrons. The molecule has 0 saturated heterocycles. The van der Waals surface area contributed by atoms with E-state index in [9.17, 15) is 0 Å². The van der Waals surface area contributed by atoms with Gasteiger partial charge in [0.25, 0.3) is 0 Å². The first-order valence-electron chi connectivity index (χ1n) is 8.97. The Kier molecular flexibility index (Phi) is 15.8. The van der Waals surface area contributed by atoms with Crippen molar-refractivity contribution >= 4 is 0 Å². The van der Waals surface area contributed by atoms with Gasteiger partial charge in [-0.05, 0) is 50.8 Å². The standard InChI is InChI=1S/C17H22.C4H10.C2H6/c1-6-13(2)7-8-14(3)11-17-10-9-15(4)16(5)12-17;1-3-4-2;1-2/h6-10,12H,1,11H2,2-5H3;3-4H2,1-2H3;1-2H3/b13-7-,14-8+;;. The number of hydrogen-bond donors (Lipinski definition) is 0. The summed E-state index contributed by atoms with van der Waals surface area (Å²) in [6.45, 7) is 20.7. The summed E-state index contributed by atoms with van der Waals surface area (Å²) < 4.78 is 0. The molecule has 130 valence electrons. The molecule has 0 saturated carbocycles. The van der Waals surface area contributed by atoms with Crippen LogP contribution in [0.25, 0.3) is 0 Å². The number of hydrogen-bond acceptors (Lipinski definition) is 0. The van der Waals surface area contributed by atoms with Crippen LogP contribution >= 0.6 is 0 Å². The highest BCUT2D eigenvalue weighted by Crippen LogP contribution is 2.13. The molecule has 23 heavy (non-hydrogen) atoms. The van der Waals surface area contributed by atoms with E-state index in [1.807, 2.05) is 19.9 Å². The fraction of sp³-hybridized carbons (Fsp3) is 0.478. The van der Waals surface area contributed by atoms with Crippen LogP contribution in [0.3, 0.4) is 0 Å². The summed E-state index contributed by atoms with van der Waals surface area (Å²) in [6, 6.07) is 6.68. The first-order valence-corrected chi connectivity index (χ1v) is 8.97. The van der Waals surface area contributed by atoms with Crippen molar-refractivity contribution < 1.29 is 0 Å². The third-order valence-corrected chi connectivity index (χ3v) is 3.51. The molecular weight excluding hydrogens is 276 g/mol. The minimum absolute atomic E-state index is 1.02. The van der Waals surface area contributed by atoms with Gasteiger partial charge >= 0.3 is 0 Å². The Balaban J connectivity index is 0. The largest absolute Gasteiger partial charge is 0.0988 e. The zero-order valence-electron chi connectivity index (χ0n) is 16.8. The maximum Gasteiger partial charge on any atom is -0.00667 e. The third-order valence-electron chi connectivity index (χ3n) is 3.51. The van der Waals surface area contributed by atoms with E-state index in [0.717, 1.165) is 6.42 Å². The highest BCUT2D eigenvalue weighted by atomic mass is 14.0. The predicted molar refractivity (Wildman–Crippen MR) is 109 cm³/mol. The molecule has 1 aromatic carbocycles. The molecule has 0 aliphatic heterocycles. The van der Waals surface area contributed by atoms with E-state index in [0.29, 0.717) is 0 Å². The van der Waals surface area contributed by atoms with Crippen molar-refractivity contribution in [3.05, 3.63) is 70.8 Å². The average molecular weight is 315 g/mol. The second-order valence-electron chi connectivity index (χ2n) is 5.72. The molecule has 0 bridgehead atoms. The normalized spacial score (nSPS) is 11.0. The van der Waals surface area contributed by atoms with E-state index < -0.39 is 0 Å². The van der Waals surface area contributed by atoms with Gasteiger partial charge in [-0.25, -0.2) is 0 Å². The van der Waals surface area contributed by atoms with Crippen LogP contribution in [0.4, 0.5) is 0 Å². The summed E-state index contributed by atoms with van der Waals surface area (Å²) >= 11 is 0. The second-order valence-corrected chi connectivity index (χ2v) is 5.72. The number of benzene rings is 1. The molecule has 0 aromatic heterocycles. The van der Waals surface area contributed by atoms with Crippen molar-refractivity contribution in [2.24, 2.45) is 0 Å². The van der Waals surface area contributed by atoms with Crippen molar-refractivity contribution in [1.82, 2.24) is 0 Å². The number of allylic oxidation sites excluding steroid dienone is 5. The molecule has 1 aromatic rings. The third kappa shape index (κ3) is 12.6. The Bertz CT molecular complexity index is 485. The molecule has 0 heteroatoms. The SMILES string of the molecule is C=C/C(C)=C\C=C(/C)Cc1ccc(C)c(C)c1.CC.CCCC. The Morgan fingerprint density at radius 3 is 1.96 bits per heavy atom. The van der Waals surface area contributed by atoms with Crippen molar-refractivity contribution in [3.63, 3.8) is 0 Å². The van der Waals surface area contributed by atoms with Gasteiger partial charge in [0.05, 0.1) is 0 Å². The molecule has 0 nitrogen and oxygen atoms in total. The predicted octanol–water partition coefficient (Wildman–Crippen LogP) is 7.76. The van der Waals surface area contributed by atoms with Crippen molar-refractivity contribution in [3.8, 4) is 0 Å². The Labute approximate surface area is 146 Å². The van der Waals surface area contributed by atoms with Crippen LogP contribution in [0.5, 0.6) is 0 Å². The minimum Gasteiger partial charge on any atom is -0.0988 e. The van der Waals surface area contributed by atoms with Crippen LogP contribution in [0.1, 0.15) is 71.1 Å². The van der Waals surface area contributed by atoms with Gasteiger partial charge in [0.2, 0.25) is 0 Å². The van der Waals surface area contributed by atoms with Gasteiger partial charge in [0.1, 0.15) is 0 Å². The van der Waals surface area contributed by atoms with E-state index in [4.69, 9.17) is 0 Å². The summed E-state index contributed by atoms with van der Waals surface area (Å²) in [5.74, 6) is 0. The van der Waals surface area contributed by atoms with Gasteiger partial charge in [-0.1, -0.05) is 94.7 Å². The summed E-state index contributed by atoms with van der Waals surface area (Å²) in [6.07, 6.45) is 9.82. The van der Waals surface area contributed by atoms with Gasteiger partial charge in [-0.2, -0.15) is 0 Å². The average Bonchev–Trinajstić information content (AvgIpc) is 2.58. The molecule has 0 aliphatic carbocycles. The Morgan fingerprint density at radius 1 is 0.957 bits per heavy atom. The molecule has 0 unspecified atom stereocenters. The van der Waals surface area contributed by atoms with Gasteiger partial charge < -0.3 is 0 Å². The van der Waals surface area contributed by atoms with Crippen molar-refractivity contribution in [2.75, 3.05) is 0 Å². The quantitative estimate of drug-likeness (QED) is 0.487. The zero-order chi connectivity index (χ0) is 18.3. The summed E-state index contributed by atoms with van der Waals surface area (Å²) in [5.41, 5.74) is 6.68. The van der Waals surface area contributed by atoms with E-state index in [2.05, 4.69) is 78.5 Å². The molecule has 1 rings (SSSR count). The number of aryl methyl sites for hydroxylation is 2. The summed E-state index contributed by atoms with van der Waals surface area (Å²) in [7, 11) is 0. The van der Waals surface area contributed by atoms with Crippen molar-refractivity contribution in [2.45, 2.75) is 74.7 Å². The van der Waals surface area contributed by atoms with Crippen LogP contribution < -0.4 is 0 Å². The Morgan fingerprint density at radius 2 is 1.52 bits per heavy atom. The topological polar surface area (TPSA) is 0 Å². The number of rotatable bonds is 5. The van der Waals surface area contributed by atoms with Crippen molar-refractivity contribution in [1.29, 1.82) is 0 Å². The van der Waals surface area contributed by atoms with Crippen LogP contribution in [-0.2, 0) is 6.42 Å². The molecule has 0 N–H and O–H groups in total. The lowest BCUT2D eigenvalue weighted by atomic mass is 10.0. The van der Waals surface area contributed by atoms with Crippen LogP contribution in [0.2, 0.25) is 0 Å². The molecule has 0 fully saturated rings. The lowest BCUT2D eigenvalue weighted by molar-refractivity contribution is 0.886. The second kappa shape index (κ2) is 15.3. The van der Waals surface area contributed by atoms with Gasteiger partial charge in [0, 0.05) is 0 Å². The monoisotopic (exact) mass is 314 g/mol. The molecule has 0 spiro atoms. The summed E-state index contributed by atoms with van der Waals surface area (Å²) in [4.78, 5) is 0. The maximum absolute atomic E-state index is 3.75. The van der Waals surface area contributed by atoms with E-state index in [-0.39, 0.29) is 0 Å². The highest BCUT2D eigenvalue weighted by Gasteiger charge is 1.97. The molecule has 0 amide bonds. The Hall–Kier alpha value is -1.56. The zero-order valence-corrected chi connectivity index (χ0v) is 16.8. The molecule has 0 aliphatic rings. The molecule has 0 atom stereocenters. The van der Waals surface area contributed by atoms with Crippen LogP contribution in [0, 0.1) is 13.8 Å². The lowest BCUT2D eigenvalue weighted by Gasteiger charge is -2.05. The first kappa shape index (κ1) is 23.7. The van der Waals surface area contributed by atoms with Gasteiger partial charge in [-0.15, -0.1) is 0 Å². The smallest absolute Gasteiger partial charge is 0.00667 e. The van der Waals surface area contributed by atoms with E-state index in [1.54, 1.807) is 0 Å². The minimum atomic E-state index is 1.02. The van der Waals surface area contributed by atoms with Crippen LogP contribution in [0.15, 0.2) is 54.2 Å². The van der Waals surface area contributed by atoms with E-state index in [1.165, 1.54) is 40.7 Å². The molecule has 0 heterocycles.